The number of hydrogen-bond acceptors (Lipinski definition) is 4. The molecule has 0 aliphatic rings. The van der Waals surface area contributed by atoms with Crippen molar-refractivity contribution in [3.05, 3.63) is 30.1 Å². The van der Waals surface area contributed by atoms with Gasteiger partial charge in [0.25, 0.3) is 0 Å². The quantitative estimate of drug-likeness (QED) is 0.645. The molecule has 0 aliphatic carbocycles. The van der Waals surface area contributed by atoms with E-state index in [0.717, 1.165) is 16.5 Å². The lowest BCUT2D eigenvalue weighted by Gasteiger charge is -1.99. The van der Waals surface area contributed by atoms with E-state index in [-0.39, 0.29) is 7.43 Å². The van der Waals surface area contributed by atoms with Gasteiger partial charge in [0.15, 0.2) is 0 Å². The van der Waals surface area contributed by atoms with Crippen LogP contribution in [0, 0.1) is 11.8 Å². The topological polar surface area (TPSA) is 77.8 Å². The molecule has 0 unspecified atom stereocenters. The van der Waals surface area contributed by atoms with Crippen LogP contribution < -0.4 is 11.5 Å². The van der Waals surface area contributed by atoms with E-state index in [0.29, 0.717) is 12.4 Å². The summed E-state index contributed by atoms with van der Waals surface area (Å²) >= 11 is 0. The maximum absolute atomic E-state index is 5.73. The lowest BCUT2D eigenvalue weighted by Crippen LogP contribution is -1.94. The number of hydrogen-bond donors (Lipinski definition) is 2. The van der Waals surface area contributed by atoms with Crippen LogP contribution >= 0.6 is 0 Å². The van der Waals surface area contributed by atoms with E-state index < -0.39 is 0 Å². The summed E-state index contributed by atoms with van der Waals surface area (Å²) in [4.78, 5) is 8.02. The summed E-state index contributed by atoms with van der Waals surface area (Å²) in [7, 11) is 0. The molecule has 2 rings (SSSR count). The van der Waals surface area contributed by atoms with E-state index in [1.165, 1.54) is 6.33 Å². The number of nitrogens with zero attached hydrogens (tertiary/aromatic N) is 2. The molecule has 1 aromatic heterocycles. The van der Waals surface area contributed by atoms with Crippen molar-refractivity contribution in [3.8, 4) is 11.8 Å². The largest absolute Gasteiger partial charge is 0.383 e. The van der Waals surface area contributed by atoms with Crippen molar-refractivity contribution in [3.63, 3.8) is 0 Å². The lowest BCUT2D eigenvalue weighted by atomic mass is 10.1. The zero-order valence-corrected chi connectivity index (χ0v) is 8.07. The average molecular weight is 214 g/mol. The highest BCUT2D eigenvalue weighted by atomic mass is 14.9. The molecule has 4 heteroatoms. The van der Waals surface area contributed by atoms with E-state index in [1.807, 2.05) is 18.2 Å². The maximum atomic E-state index is 5.73. The standard InChI is InChI=1S/C11H10N4.CH4/c12-5-1-2-8-3-4-10-9(6-8)11(13)15-7-14-10;/h3-4,6-7H,5,12H2,(H2,13,14,15);1H4. The highest BCUT2D eigenvalue weighted by Gasteiger charge is 1.99. The van der Waals surface area contributed by atoms with Gasteiger partial charge < -0.3 is 11.5 Å². The Bertz CT molecular complexity index is 552. The van der Waals surface area contributed by atoms with Crippen LogP contribution in [0.5, 0.6) is 0 Å². The minimum absolute atomic E-state index is 0. The molecule has 0 saturated heterocycles. The predicted octanol–water partition coefficient (Wildman–Crippen LogP) is 1.16. The Morgan fingerprint density at radius 3 is 2.81 bits per heavy atom. The van der Waals surface area contributed by atoms with E-state index in [2.05, 4.69) is 21.8 Å². The number of nitrogens with two attached hydrogens (primary N) is 2. The first-order chi connectivity index (χ1) is 7.31. The summed E-state index contributed by atoms with van der Waals surface area (Å²) in [5.41, 5.74) is 12.7. The zero-order chi connectivity index (χ0) is 10.7. The van der Waals surface area contributed by atoms with Crippen LogP contribution in [0.2, 0.25) is 0 Å². The Labute approximate surface area is 94.7 Å². The first-order valence-corrected chi connectivity index (χ1v) is 4.50. The van der Waals surface area contributed by atoms with Gasteiger partial charge in [-0.15, -0.1) is 0 Å². The number of aromatic nitrogens is 2. The Balaban J connectivity index is 0.00000128. The number of anilines is 1. The van der Waals surface area contributed by atoms with Crippen LogP contribution in [0.25, 0.3) is 10.9 Å². The molecule has 2 aromatic rings. The van der Waals surface area contributed by atoms with E-state index in [9.17, 15) is 0 Å². The van der Waals surface area contributed by atoms with Crippen LogP contribution in [-0.4, -0.2) is 16.5 Å². The monoisotopic (exact) mass is 214 g/mol. The zero-order valence-electron chi connectivity index (χ0n) is 8.07. The van der Waals surface area contributed by atoms with Gasteiger partial charge in [-0.3, -0.25) is 0 Å². The lowest BCUT2D eigenvalue weighted by molar-refractivity contribution is 1.23. The third kappa shape index (κ3) is 2.27. The normalized spacial score (nSPS) is 9.06. The second-order valence-corrected chi connectivity index (χ2v) is 3.00. The van der Waals surface area contributed by atoms with Gasteiger partial charge in [-0.2, -0.15) is 0 Å². The van der Waals surface area contributed by atoms with Crippen LogP contribution in [0.15, 0.2) is 24.5 Å². The maximum Gasteiger partial charge on any atom is 0.134 e. The SMILES string of the molecule is C.NCC#Cc1ccc2ncnc(N)c2c1. The molecule has 4 N–H and O–H groups in total. The fourth-order valence-corrected chi connectivity index (χ4v) is 1.31. The van der Waals surface area contributed by atoms with E-state index >= 15 is 0 Å². The molecule has 16 heavy (non-hydrogen) atoms. The fourth-order valence-electron chi connectivity index (χ4n) is 1.31. The summed E-state index contributed by atoms with van der Waals surface area (Å²) < 4.78 is 0. The second kappa shape index (κ2) is 5.10. The Morgan fingerprint density at radius 2 is 2.06 bits per heavy atom. The van der Waals surface area contributed by atoms with Gasteiger partial charge in [0.2, 0.25) is 0 Å². The smallest absolute Gasteiger partial charge is 0.134 e. The minimum atomic E-state index is 0. The predicted molar refractivity (Wildman–Crippen MR) is 66.6 cm³/mol. The molecule has 4 nitrogen and oxygen atoms in total. The average Bonchev–Trinajstić information content (AvgIpc) is 2.27. The van der Waals surface area contributed by atoms with Crippen molar-refractivity contribution < 1.29 is 0 Å². The molecule has 0 fully saturated rings. The van der Waals surface area contributed by atoms with Gasteiger partial charge in [-0.25, -0.2) is 9.97 Å². The van der Waals surface area contributed by atoms with Crippen LogP contribution in [0.3, 0.4) is 0 Å². The Kier molecular flexibility index (Phi) is 3.81. The van der Waals surface area contributed by atoms with Gasteiger partial charge in [0.1, 0.15) is 12.1 Å². The van der Waals surface area contributed by atoms with Gasteiger partial charge >= 0.3 is 0 Å². The number of nitrogen functional groups attached to an aromatic ring is 1. The second-order valence-electron chi connectivity index (χ2n) is 3.00. The van der Waals surface area contributed by atoms with Gasteiger partial charge in [0.05, 0.1) is 12.1 Å². The number of rotatable bonds is 0. The summed E-state index contributed by atoms with van der Waals surface area (Å²) in [5.74, 6) is 6.19. The summed E-state index contributed by atoms with van der Waals surface area (Å²) in [6.07, 6.45) is 1.45. The summed E-state index contributed by atoms with van der Waals surface area (Å²) in [6, 6.07) is 5.62. The highest BCUT2D eigenvalue weighted by molar-refractivity contribution is 5.88. The van der Waals surface area contributed by atoms with Crippen molar-refractivity contribution in [2.24, 2.45) is 5.73 Å². The molecule has 0 spiro atoms. The molecule has 0 atom stereocenters. The van der Waals surface area contributed by atoms with Crippen molar-refractivity contribution >= 4 is 16.7 Å². The summed E-state index contributed by atoms with van der Waals surface area (Å²) in [6.45, 7) is 0.346. The van der Waals surface area contributed by atoms with Crippen LogP contribution in [0.1, 0.15) is 13.0 Å². The van der Waals surface area contributed by atoms with Crippen molar-refractivity contribution in [1.82, 2.24) is 9.97 Å². The molecule has 0 aliphatic heterocycles. The molecule has 0 radical (unpaired) electrons. The molecule has 1 heterocycles. The van der Waals surface area contributed by atoms with Crippen molar-refractivity contribution in [2.75, 3.05) is 12.3 Å². The Hall–Kier alpha value is -2.12. The van der Waals surface area contributed by atoms with Gasteiger partial charge in [-0.05, 0) is 18.2 Å². The molecule has 82 valence electrons. The van der Waals surface area contributed by atoms with Gasteiger partial charge in [-0.1, -0.05) is 19.3 Å². The van der Waals surface area contributed by atoms with Gasteiger partial charge in [0, 0.05) is 10.9 Å². The van der Waals surface area contributed by atoms with Crippen molar-refractivity contribution in [2.45, 2.75) is 7.43 Å². The fraction of sp³-hybridized carbons (Fsp3) is 0.167. The molecule has 0 amide bonds. The molecule has 1 aromatic carbocycles. The van der Waals surface area contributed by atoms with Crippen LogP contribution in [-0.2, 0) is 0 Å². The Morgan fingerprint density at radius 1 is 1.25 bits per heavy atom. The molecule has 0 saturated carbocycles. The number of benzene rings is 1. The highest BCUT2D eigenvalue weighted by Crippen LogP contribution is 2.17. The third-order valence-corrected chi connectivity index (χ3v) is 2.00. The van der Waals surface area contributed by atoms with E-state index in [1.54, 1.807) is 0 Å². The first kappa shape index (κ1) is 12.0. The number of fused-ring (bicyclic) bond motifs is 1. The molecule has 0 bridgehead atoms. The van der Waals surface area contributed by atoms with Crippen LogP contribution in [0.4, 0.5) is 5.82 Å². The third-order valence-electron chi connectivity index (χ3n) is 2.00. The minimum Gasteiger partial charge on any atom is -0.383 e. The van der Waals surface area contributed by atoms with Crippen molar-refractivity contribution in [1.29, 1.82) is 0 Å². The molecular weight excluding hydrogens is 200 g/mol. The first-order valence-electron chi connectivity index (χ1n) is 4.50. The summed E-state index contributed by atoms with van der Waals surface area (Å²) in [5, 5.41) is 0.821. The van der Waals surface area contributed by atoms with E-state index in [4.69, 9.17) is 11.5 Å². The molecular formula is C12H14N4.